The molecule has 1 aliphatic rings. The zero-order chi connectivity index (χ0) is 15.7. The molecular formula is C16H20FN3O2. The van der Waals surface area contributed by atoms with Gasteiger partial charge in [-0.15, -0.1) is 0 Å². The number of hydrogen-bond acceptors (Lipinski definition) is 4. The van der Waals surface area contributed by atoms with E-state index in [9.17, 15) is 9.18 Å². The molecule has 0 bridgehead atoms. The number of anilines is 1. The van der Waals surface area contributed by atoms with Gasteiger partial charge in [0.1, 0.15) is 11.3 Å². The fourth-order valence-corrected chi connectivity index (χ4v) is 2.76. The molecule has 22 heavy (non-hydrogen) atoms. The highest BCUT2D eigenvalue weighted by atomic mass is 19.1. The van der Waals surface area contributed by atoms with E-state index < -0.39 is 0 Å². The lowest BCUT2D eigenvalue weighted by molar-refractivity contribution is -0.126. The normalized spacial score (nSPS) is 16.5. The number of benzene rings is 1. The van der Waals surface area contributed by atoms with Crippen LogP contribution in [-0.4, -0.2) is 30.0 Å². The third-order valence-electron chi connectivity index (χ3n) is 3.91. The quantitative estimate of drug-likeness (QED) is 0.947. The van der Waals surface area contributed by atoms with E-state index in [0.717, 1.165) is 12.8 Å². The summed E-state index contributed by atoms with van der Waals surface area (Å²) in [4.78, 5) is 18.4. The van der Waals surface area contributed by atoms with Gasteiger partial charge in [-0.2, -0.15) is 4.98 Å². The van der Waals surface area contributed by atoms with E-state index in [2.05, 4.69) is 10.3 Å². The molecule has 1 aliphatic heterocycles. The highest BCUT2D eigenvalue weighted by Gasteiger charge is 2.27. The minimum atomic E-state index is -0.334. The van der Waals surface area contributed by atoms with Crippen LogP contribution >= 0.6 is 0 Å². The number of aromatic nitrogens is 1. The van der Waals surface area contributed by atoms with Crippen LogP contribution < -0.4 is 10.2 Å². The maximum absolute atomic E-state index is 13.2. The van der Waals surface area contributed by atoms with E-state index in [1.807, 2.05) is 18.7 Å². The molecule has 0 unspecified atom stereocenters. The van der Waals surface area contributed by atoms with Crippen molar-refractivity contribution in [2.24, 2.45) is 5.92 Å². The van der Waals surface area contributed by atoms with E-state index >= 15 is 0 Å². The summed E-state index contributed by atoms with van der Waals surface area (Å²) in [6.07, 6.45) is 1.54. The molecule has 1 amide bonds. The van der Waals surface area contributed by atoms with Crippen LogP contribution in [0.2, 0.25) is 0 Å². The van der Waals surface area contributed by atoms with Crippen LogP contribution in [-0.2, 0) is 4.79 Å². The number of amides is 1. The molecule has 0 saturated carbocycles. The highest BCUT2D eigenvalue weighted by Crippen LogP contribution is 2.26. The molecule has 2 heterocycles. The SMILES string of the molecule is CC(C)NC(=O)C1CCN(c2nc3ccc(F)cc3o2)CC1. The number of oxazole rings is 1. The van der Waals surface area contributed by atoms with E-state index in [-0.39, 0.29) is 23.7 Å². The Kier molecular flexibility index (Phi) is 4.00. The molecule has 0 spiro atoms. The molecule has 1 fully saturated rings. The summed E-state index contributed by atoms with van der Waals surface area (Å²) in [6.45, 7) is 5.35. The molecule has 5 nitrogen and oxygen atoms in total. The molecule has 6 heteroatoms. The van der Waals surface area contributed by atoms with Crippen molar-refractivity contribution < 1.29 is 13.6 Å². The second-order valence-electron chi connectivity index (χ2n) is 6.03. The highest BCUT2D eigenvalue weighted by molar-refractivity contribution is 5.79. The summed E-state index contributed by atoms with van der Waals surface area (Å²) in [5.74, 6) is -0.172. The Balaban J connectivity index is 1.66. The van der Waals surface area contributed by atoms with Crippen molar-refractivity contribution in [1.29, 1.82) is 0 Å². The first-order chi connectivity index (χ1) is 10.5. The monoisotopic (exact) mass is 305 g/mol. The zero-order valence-corrected chi connectivity index (χ0v) is 12.8. The van der Waals surface area contributed by atoms with Gasteiger partial charge in [-0.05, 0) is 38.8 Å². The summed E-state index contributed by atoms with van der Waals surface area (Å²) in [5, 5.41) is 2.96. The largest absolute Gasteiger partial charge is 0.423 e. The average molecular weight is 305 g/mol. The minimum Gasteiger partial charge on any atom is -0.423 e. The lowest BCUT2D eigenvalue weighted by atomic mass is 9.96. The molecule has 2 aromatic rings. The Morgan fingerprint density at radius 3 is 2.82 bits per heavy atom. The molecule has 0 aliphatic carbocycles. The number of fused-ring (bicyclic) bond motifs is 1. The van der Waals surface area contributed by atoms with E-state index in [4.69, 9.17) is 4.42 Å². The average Bonchev–Trinajstić information content (AvgIpc) is 2.89. The number of piperidine rings is 1. The summed E-state index contributed by atoms with van der Waals surface area (Å²) >= 11 is 0. The summed E-state index contributed by atoms with van der Waals surface area (Å²) in [6, 6.07) is 4.99. The molecule has 1 aromatic heterocycles. The van der Waals surface area contributed by atoms with Gasteiger partial charge >= 0.3 is 0 Å². The summed E-state index contributed by atoms with van der Waals surface area (Å²) < 4.78 is 18.8. The van der Waals surface area contributed by atoms with Crippen molar-refractivity contribution in [3.05, 3.63) is 24.0 Å². The number of carbonyl (C=O) groups excluding carboxylic acids is 1. The van der Waals surface area contributed by atoms with Crippen LogP contribution in [0, 0.1) is 11.7 Å². The number of nitrogens with zero attached hydrogens (tertiary/aromatic N) is 2. The topological polar surface area (TPSA) is 58.4 Å². The zero-order valence-electron chi connectivity index (χ0n) is 12.8. The number of halogens is 1. The van der Waals surface area contributed by atoms with Gasteiger partial charge in [0.15, 0.2) is 5.58 Å². The molecule has 0 radical (unpaired) electrons. The first kappa shape index (κ1) is 14.8. The second kappa shape index (κ2) is 5.94. The van der Waals surface area contributed by atoms with Crippen molar-refractivity contribution >= 4 is 23.0 Å². The van der Waals surface area contributed by atoms with Crippen molar-refractivity contribution in [3.63, 3.8) is 0 Å². The molecule has 1 N–H and O–H groups in total. The van der Waals surface area contributed by atoms with Gasteiger partial charge in [0, 0.05) is 31.1 Å². The van der Waals surface area contributed by atoms with Crippen molar-refractivity contribution in [3.8, 4) is 0 Å². The third-order valence-corrected chi connectivity index (χ3v) is 3.91. The van der Waals surface area contributed by atoms with Gasteiger partial charge in [-0.1, -0.05) is 0 Å². The van der Waals surface area contributed by atoms with Crippen LogP contribution in [0.4, 0.5) is 10.4 Å². The van der Waals surface area contributed by atoms with Gasteiger partial charge in [0.25, 0.3) is 6.01 Å². The Hall–Kier alpha value is -2.11. The van der Waals surface area contributed by atoms with Gasteiger partial charge < -0.3 is 14.6 Å². The molecule has 1 saturated heterocycles. The Morgan fingerprint density at radius 2 is 2.14 bits per heavy atom. The number of nitrogens with one attached hydrogen (secondary N) is 1. The van der Waals surface area contributed by atoms with Crippen molar-refractivity contribution in [2.45, 2.75) is 32.7 Å². The van der Waals surface area contributed by atoms with Gasteiger partial charge in [-0.3, -0.25) is 4.79 Å². The first-order valence-corrected chi connectivity index (χ1v) is 7.64. The van der Waals surface area contributed by atoms with Crippen molar-refractivity contribution in [2.75, 3.05) is 18.0 Å². The molecule has 0 atom stereocenters. The summed E-state index contributed by atoms with van der Waals surface area (Å²) in [7, 11) is 0. The lowest BCUT2D eigenvalue weighted by Crippen LogP contribution is -2.42. The van der Waals surface area contributed by atoms with Crippen LogP contribution in [0.1, 0.15) is 26.7 Å². The van der Waals surface area contributed by atoms with E-state index in [0.29, 0.717) is 30.2 Å². The maximum atomic E-state index is 13.2. The van der Waals surface area contributed by atoms with Crippen molar-refractivity contribution in [1.82, 2.24) is 10.3 Å². The van der Waals surface area contributed by atoms with E-state index in [1.54, 1.807) is 6.07 Å². The fourth-order valence-electron chi connectivity index (χ4n) is 2.76. The lowest BCUT2D eigenvalue weighted by Gasteiger charge is -2.30. The number of carbonyl (C=O) groups is 1. The fraction of sp³-hybridized carbons (Fsp3) is 0.500. The first-order valence-electron chi connectivity index (χ1n) is 7.64. The standard InChI is InChI=1S/C16H20FN3O2/c1-10(2)18-15(21)11-5-7-20(8-6-11)16-19-13-4-3-12(17)9-14(13)22-16/h3-4,9-11H,5-8H2,1-2H3,(H,18,21). The molecule has 1 aromatic carbocycles. The number of rotatable bonds is 3. The molecule has 118 valence electrons. The van der Waals surface area contributed by atoms with Gasteiger partial charge in [0.05, 0.1) is 0 Å². The summed E-state index contributed by atoms with van der Waals surface area (Å²) in [5.41, 5.74) is 1.10. The maximum Gasteiger partial charge on any atom is 0.298 e. The number of hydrogen-bond donors (Lipinski definition) is 1. The van der Waals surface area contributed by atoms with Crippen LogP contribution in [0.15, 0.2) is 22.6 Å². The predicted molar refractivity (Wildman–Crippen MR) is 82.2 cm³/mol. The third kappa shape index (κ3) is 3.05. The molecular weight excluding hydrogens is 285 g/mol. The predicted octanol–water partition coefficient (Wildman–Crippen LogP) is 2.71. The van der Waals surface area contributed by atoms with Crippen LogP contribution in [0.5, 0.6) is 0 Å². The Bertz CT molecular complexity index is 675. The second-order valence-corrected chi connectivity index (χ2v) is 6.03. The smallest absolute Gasteiger partial charge is 0.298 e. The van der Waals surface area contributed by atoms with Crippen LogP contribution in [0.25, 0.3) is 11.1 Å². The molecule has 3 rings (SSSR count). The van der Waals surface area contributed by atoms with E-state index in [1.165, 1.54) is 12.1 Å². The Morgan fingerprint density at radius 1 is 1.41 bits per heavy atom. The van der Waals surface area contributed by atoms with Gasteiger partial charge in [-0.25, -0.2) is 4.39 Å². The van der Waals surface area contributed by atoms with Crippen LogP contribution in [0.3, 0.4) is 0 Å². The Labute approximate surface area is 128 Å². The minimum absolute atomic E-state index is 0.0421. The van der Waals surface area contributed by atoms with Gasteiger partial charge in [0.2, 0.25) is 5.91 Å².